The molecule has 0 saturated carbocycles. The summed E-state index contributed by atoms with van der Waals surface area (Å²) < 4.78 is 23.5. The summed E-state index contributed by atoms with van der Waals surface area (Å²) in [4.78, 5) is 28.7. The first-order chi connectivity index (χ1) is 12.6. The van der Waals surface area contributed by atoms with E-state index in [-0.39, 0.29) is 22.8 Å². The molecular formula is C19H29N3O4S. The normalized spacial score (nSPS) is 16.8. The van der Waals surface area contributed by atoms with Crippen molar-refractivity contribution in [1.29, 1.82) is 0 Å². The molecule has 1 saturated heterocycles. The van der Waals surface area contributed by atoms with Gasteiger partial charge in [0.05, 0.1) is 11.4 Å². The molecule has 150 valence electrons. The fraction of sp³-hybridized carbons (Fsp3) is 0.579. The molecule has 7 nitrogen and oxygen atoms in total. The molecule has 1 unspecified atom stereocenters. The predicted molar refractivity (Wildman–Crippen MR) is 105 cm³/mol. The molecule has 1 fully saturated rings. The third-order valence-corrected chi connectivity index (χ3v) is 6.02. The van der Waals surface area contributed by atoms with Crippen molar-refractivity contribution in [2.24, 2.45) is 0 Å². The molecule has 1 N–H and O–H groups in total. The molecule has 1 aliphatic heterocycles. The van der Waals surface area contributed by atoms with E-state index in [1.165, 1.54) is 12.1 Å². The van der Waals surface area contributed by atoms with Gasteiger partial charge in [-0.2, -0.15) is 0 Å². The van der Waals surface area contributed by atoms with E-state index in [4.69, 9.17) is 0 Å². The number of hydrogen-bond acceptors (Lipinski definition) is 5. The maximum absolute atomic E-state index is 12.8. The molecule has 0 bridgehead atoms. The molecule has 0 aromatic heterocycles. The predicted octanol–water partition coefficient (Wildman–Crippen LogP) is 1.07. The average Bonchev–Trinajstić information content (AvgIpc) is 2.61. The second-order valence-electron chi connectivity index (χ2n) is 7.19. The minimum Gasteiger partial charge on any atom is -0.353 e. The molecule has 0 aliphatic carbocycles. The number of hydrogen-bond donors (Lipinski definition) is 1. The van der Waals surface area contributed by atoms with Gasteiger partial charge in [0.25, 0.3) is 5.91 Å². The number of aryl methyl sites for hydroxylation is 1. The minimum atomic E-state index is -3.36. The fourth-order valence-electron chi connectivity index (χ4n) is 2.97. The van der Waals surface area contributed by atoms with Crippen molar-refractivity contribution in [2.75, 3.05) is 39.0 Å². The summed E-state index contributed by atoms with van der Waals surface area (Å²) in [6.07, 6.45) is 2.02. The Kier molecular flexibility index (Phi) is 7.00. The summed E-state index contributed by atoms with van der Waals surface area (Å²) in [6, 6.07) is 4.80. The quantitative estimate of drug-likeness (QED) is 0.779. The van der Waals surface area contributed by atoms with Crippen LogP contribution in [0, 0.1) is 6.92 Å². The molecule has 1 heterocycles. The van der Waals surface area contributed by atoms with E-state index in [9.17, 15) is 18.0 Å². The van der Waals surface area contributed by atoms with Crippen LogP contribution in [0.4, 0.5) is 0 Å². The summed E-state index contributed by atoms with van der Waals surface area (Å²) in [6.45, 7) is 8.38. The maximum atomic E-state index is 12.8. The molecule has 0 spiro atoms. The summed E-state index contributed by atoms with van der Waals surface area (Å²) in [5, 5.41) is 2.95. The molecule has 2 rings (SSSR count). The molecule has 1 aromatic rings. The number of piperazine rings is 1. The van der Waals surface area contributed by atoms with Gasteiger partial charge in [0.15, 0.2) is 9.84 Å². The molecule has 2 amide bonds. The second kappa shape index (κ2) is 8.84. The topological polar surface area (TPSA) is 86.8 Å². The number of sulfone groups is 1. The third-order valence-electron chi connectivity index (χ3n) is 4.91. The van der Waals surface area contributed by atoms with Gasteiger partial charge in [-0.15, -0.1) is 0 Å². The van der Waals surface area contributed by atoms with Gasteiger partial charge in [0.2, 0.25) is 5.91 Å². The van der Waals surface area contributed by atoms with Crippen LogP contribution in [0.15, 0.2) is 23.1 Å². The first-order valence-electron chi connectivity index (χ1n) is 9.23. The van der Waals surface area contributed by atoms with Crippen LogP contribution in [0.25, 0.3) is 0 Å². The van der Waals surface area contributed by atoms with Crippen molar-refractivity contribution < 1.29 is 18.0 Å². The lowest BCUT2D eigenvalue weighted by Crippen LogP contribution is -2.51. The van der Waals surface area contributed by atoms with Crippen molar-refractivity contribution in [1.82, 2.24) is 15.1 Å². The number of nitrogens with zero attached hydrogens (tertiary/aromatic N) is 2. The van der Waals surface area contributed by atoms with E-state index in [1.54, 1.807) is 17.9 Å². The van der Waals surface area contributed by atoms with Crippen LogP contribution in [-0.4, -0.2) is 75.1 Å². The van der Waals surface area contributed by atoms with Crippen LogP contribution in [0.1, 0.15) is 36.2 Å². The molecule has 8 heteroatoms. The SMILES string of the molecule is CCC(C)NC(=O)CN1CCN(C(=O)c2cc(S(C)(=O)=O)ccc2C)CC1. The Morgan fingerprint density at radius 1 is 1.19 bits per heavy atom. The lowest BCUT2D eigenvalue weighted by molar-refractivity contribution is -0.123. The summed E-state index contributed by atoms with van der Waals surface area (Å²) in [5.41, 5.74) is 1.17. The standard InChI is InChI=1S/C19H29N3O4S/c1-5-15(3)20-18(23)13-21-8-10-22(11-9-21)19(24)17-12-16(27(4,25)26)7-6-14(17)2/h6-7,12,15H,5,8-11,13H2,1-4H3,(H,20,23). The summed E-state index contributed by atoms with van der Waals surface area (Å²) in [7, 11) is -3.36. The van der Waals surface area contributed by atoms with Crippen molar-refractivity contribution in [3.05, 3.63) is 29.3 Å². The van der Waals surface area contributed by atoms with Gasteiger partial charge in [0, 0.05) is 44.0 Å². The number of carbonyl (C=O) groups is 2. The molecule has 1 atom stereocenters. The average molecular weight is 396 g/mol. The van der Waals surface area contributed by atoms with Crippen LogP contribution >= 0.6 is 0 Å². The van der Waals surface area contributed by atoms with E-state index in [1.807, 2.05) is 18.7 Å². The van der Waals surface area contributed by atoms with E-state index in [0.717, 1.165) is 18.2 Å². The zero-order valence-corrected chi connectivity index (χ0v) is 17.3. The van der Waals surface area contributed by atoms with Crippen LogP contribution in [0.3, 0.4) is 0 Å². The lowest BCUT2D eigenvalue weighted by atomic mass is 10.1. The number of amides is 2. The third kappa shape index (κ3) is 5.77. The van der Waals surface area contributed by atoms with Crippen LogP contribution in [-0.2, 0) is 14.6 Å². The van der Waals surface area contributed by atoms with E-state index in [0.29, 0.717) is 38.3 Å². The number of carbonyl (C=O) groups excluding carboxylic acids is 2. The Bertz CT molecular complexity index is 799. The number of benzene rings is 1. The Morgan fingerprint density at radius 2 is 1.81 bits per heavy atom. The highest BCUT2D eigenvalue weighted by Crippen LogP contribution is 2.18. The molecular weight excluding hydrogens is 366 g/mol. The summed E-state index contributed by atoms with van der Waals surface area (Å²) in [5.74, 6) is -0.164. The van der Waals surface area contributed by atoms with Gasteiger partial charge in [0.1, 0.15) is 0 Å². The Morgan fingerprint density at radius 3 is 2.37 bits per heavy atom. The highest BCUT2D eigenvalue weighted by Gasteiger charge is 2.25. The zero-order valence-electron chi connectivity index (χ0n) is 16.5. The fourth-order valence-corrected chi connectivity index (χ4v) is 3.61. The first-order valence-corrected chi connectivity index (χ1v) is 11.1. The molecule has 0 radical (unpaired) electrons. The highest BCUT2D eigenvalue weighted by atomic mass is 32.2. The van der Waals surface area contributed by atoms with E-state index >= 15 is 0 Å². The number of nitrogens with one attached hydrogen (secondary N) is 1. The van der Waals surface area contributed by atoms with Crippen molar-refractivity contribution in [3.8, 4) is 0 Å². The Labute approximate surface area is 161 Å². The van der Waals surface area contributed by atoms with Gasteiger partial charge in [-0.05, 0) is 38.0 Å². The molecule has 1 aromatic carbocycles. The van der Waals surface area contributed by atoms with Gasteiger partial charge < -0.3 is 10.2 Å². The van der Waals surface area contributed by atoms with Crippen molar-refractivity contribution in [2.45, 2.75) is 38.1 Å². The molecule has 1 aliphatic rings. The van der Waals surface area contributed by atoms with Crippen LogP contribution in [0.2, 0.25) is 0 Å². The second-order valence-corrected chi connectivity index (χ2v) is 9.21. The van der Waals surface area contributed by atoms with Gasteiger partial charge in [-0.1, -0.05) is 13.0 Å². The van der Waals surface area contributed by atoms with Crippen LogP contribution in [0.5, 0.6) is 0 Å². The number of rotatable bonds is 6. The zero-order chi connectivity index (χ0) is 20.2. The van der Waals surface area contributed by atoms with Crippen molar-refractivity contribution in [3.63, 3.8) is 0 Å². The smallest absolute Gasteiger partial charge is 0.254 e. The van der Waals surface area contributed by atoms with Crippen molar-refractivity contribution >= 4 is 21.7 Å². The lowest BCUT2D eigenvalue weighted by Gasteiger charge is -2.34. The van der Waals surface area contributed by atoms with Gasteiger partial charge in [-0.25, -0.2) is 8.42 Å². The van der Waals surface area contributed by atoms with Gasteiger partial charge in [-0.3, -0.25) is 14.5 Å². The first kappa shape index (κ1) is 21.4. The molecule has 27 heavy (non-hydrogen) atoms. The largest absolute Gasteiger partial charge is 0.353 e. The van der Waals surface area contributed by atoms with Crippen LogP contribution < -0.4 is 5.32 Å². The Balaban J connectivity index is 1.98. The summed E-state index contributed by atoms with van der Waals surface area (Å²) >= 11 is 0. The maximum Gasteiger partial charge on any atom is 0.254 e. The van der Waals surface area contributed by atoms with Gasteiger partial charge >= 0.3 is 0 Å². The van der Waals surface area contributed by atoms with E-state index < -0.39 is 9.84 Å². The van der Waals surface area contributed by atoms with E-state index in [2.05, 4.69) is 5.32 Å². The monoisotopic (exact) mass is 395 g/mol. The highest BCUT2D eigenvalue weighted by molar-refractivity contribution is 7.90. The Hall–Kier alpha value is -1.93. The minimum absolute atomic E-state index is 0.000763.